The van der Waals surface area contributed by atoms with Crippen LogP contribution in [0.25, 0.3) is 16.9 Å². The fraction of sp³-hybridized carbons (Fsp3) is 0.455. The van der Waals surface area contributed by atoms with Crippen molar-refractivity contribution in [2.45, 2.75) is 45.5 Å². The highest BCUT2D eigenvalue weighted by atomic mass is 19.1. The fourth-order valence-corrected chi connectivity index (χ4v) is 3.02. The zero-order valence-electron chi connectivity index (χ0n) is 19.2. The molecule has 1 amide bonds. The summed E-state index contributed by atoms with van der Waals surface area (Å²) in [6.07, 6.45) is 3.44. The lowest BCUT2D eigenvalue weighted by Gasteiger charge is -2.23. The summed E-state index contributed by atoms with van der Waals surface area (Å²) in [6.45, 7) is 6.32. The van der Waals surface area contributed by atoms with Gasteiger partial charge in [0.1, 0.15) is 12.0 Å². The van der Waals surface area contributed by atoms with Gasteiger partial charge in [0, 0.05) is 50.2 Å². The molecule has 3 aromatic rings. The number of anilines is 2. The summed E-state index contributed by atoms with van der Waals surface area (Å²) in [7, 11) is 3.73. The molecule has 1 atom stereocenters. The second-order valence-corrected chi connectivity index (χ2v) is 8.75. The number of fused-ring (bicyclic) bond motifs is 1. The number of alkyl halides is 1. The van der Waals surface area contributed by atoms with Crippen molar-refractivity contribution in [3.05, 3.63) is 36.3 Å². The third-order valence-electron chi connectivity index (χ3n) is 4.85. The van der Waals surface area contributed by atoms with Crippen molar-refractivity contribution in [2.24, 2.45) is 0 Å². The van der Waals surface area contributed by atoms with Gasteiger partial charge in [-0.25, -0.2) is 14.4 Å². The number of pyridine rings is 1. The Bertz CT molecular complexity index is 1110. The first-order valence-corrected chi connectivity index (χ1v) is 10.4. The molecule has 3 N–H and O–H groups in total. The molecule has 0 aliphatic carbocycles. The van der Waals surface area contributed by atoms with Crippen molar-refractivity contribution in [1.82, 2.24) is 24.8 Å². The molecule has 0 radical (unpaired) electrons. The van der Waals surface area contributed by atoms with E-state index in [1.807, 2.05) is 49.7 Å². The maximum Gasteiger partial charge on any atom is 0.255 e. The van der Waals surface area contributed by atoms with E-state index in [4.69, 9.17) is 0 Å². The first kappa shape index (κ1) is 23.4. The average molecular weight is 444 g/mol. The van der Waals surface area contributed by atoms with Crippen LogP contribution in [-0.2, 0) is 0 Å². The molecule has 1 unspecified atom stereocenters. The van der Waals surface area contributed by atoms with E-state index in [1.54, 1.807) is 12.3 Å². The van der Waals surface area contributed by atoms with Gasteiger partial charge >= 0.3 is 0 Å². The highest BCUT2D eigenvalue weighted by molar-refractivity contribution is 5.99. The van der Waals surface area contributed by atoms with Gasteiger partial charge in [0.25, 0.3) is 5.91 Å². The van der Waals surface area contributed by atoms with E-state index in [1.165, 1.54) is 20.0 Å². The van der Waals surface area contributed by atoms with Crippen molar-refractivity contribution < 1.29 is 14.3 Å². The number of nitrogens with zero attached hydrogens (tertiary/aromatic N) is 5. The molecular weight excluding hydrogens is 413 g/mol. The van der Waals surface area contributed by atoms with Gasteiger partial charge in [-0.1, -0.05) is 0 Å². The monoisotopic (exact) mass is 443 g/mol. The number of aromatic nitrogens is 4. The van der Waals surface area contributed by atoms with Crippen LogP contribution in [0.2, 0.25) is 0 Å². The minimum atomic E-state index is -1.60. The fourth-order valence-electron chi connectivity index (χ4n) is 3.02. The van der Waals surface area contributed by atoms with E-state index < -0.39 is 17.7 Å². The molecule has 3 rings (SSSR count). The van der Waals surface area contributed by atoms with Gasteiger partial charge in [0.05, 0.1) is 23.4 Å². The number of rotatable bonds is 8. The Hall–Kier alpha value is -3.27. The summed E-state index contributed by atoms with van der Waals surface area (Å²) in [5, 5.41) is 16.4. The number of carbonyl (C=O) groups is 1. The van der Waals surface area contributed by atoms with Crippen molar-refractivity contribution in [2.75, 3.05) is 30.9 Å². The second-order valence-electron chi connectivity index (χ2n) is 8.75. The minimum Gasteiger partial charge on any atom is -0.387 e. The molecule has 0 fully saturated rings. The third kappa shape index (κ3) is 5.13. The van der Waals surface area contributed by atoms with Gasteiger partial charge in [0.2, 0.25) is 5.95 Å². The predicted molar refractivity (Wildman–Crippen MR) is 123 cm³/mol. The number of amides is 1. The van der Waals surface area contributed by atoms with E-state index >= 15 is 0 Å². The molecule has 0 saturated heterocycles. The Balaban J connectivity index is 1.96. The number of aliphatic hydroxyl groups is 1. The van der Waals surface area contributed by atoms with Crippen molar-refractivity contribution >= 4 is 28.6 Å². The van der Waals surface area contributed by atoms with Gasteiger partial charge in [-0.3, -0.25) is 9.36 Å². The van der Waals surface area contributed by atoms with Crippen LogP contribution in [0, 0.1) is 0 Å². The first-order chi connectivity index (χ1) is 15.0. The lowest BCUT2D eigenvalue weighted by atomic mass is 10.0. The zero-order chi connectivity index (χ0) is 23.6. The maximum atomic E-state index is 14.1. The van der Waals surface area contributed by atoms with Crippen LogP contribution >= 0.6 is 0 Å². The Morgan fingerprint density at radius 3 is 2.62 bits per heavy atom. The Kier molecular flexibility index (Phi) is 6.63. The highest BCUT2D eigenvalue weighted by Crippen LogP contribution is 2.24. The Labute approximate surface area is 186 Å². The summed E-state index contributed by atoms with van der Waals surface area (Å²) < 4.78 is 15.9. The standard InChI is InChI=1S/C22H30FN7O2/c1-13(2)27-16-9-18(24-11-15(16)20(31)25-12-17(23)22(3,4)32)30-8-7-14-10-26-21(29(5)6)28-19(14)30/h7-11,13,17,32H,12H2,1-6H3,(H,24,27)(H,25,31). The largest absolute Gasteiger partial charge is 0.387 e. The summed E-state index contributed by atoms with van der Waals surface area (Å²) in [5.41, 5.74) is -0.0124. The van der Waals surface area contributed by atoms with Gasteiger partial charge in [0.15, 0.2) is 5.65 Å². The number of carbonyl (C=O) groups excluding carboxylic acids is 1. The molecule has 9 nitrogen and oxygen atoms in total. The van der Waals surface area contributed by atoms with E-state index in [0.29, 0.717) is 23.1 Å². The molecule has 0 aliphatic heterocycles. The lowest BCUT2D eigenvalue weighted by molar-refractivity contribution is -0.00177. The Morgan fingerprint density at radius 2 is 2.00 bits per heavy atom. The number of halogens is 1. The zero-order valence-corrected chi connectivity index (χ0v) is 19.2. The highest BCUT2D eigenvalue weighted by Gasteiger charge is 2.27. The number of hydrogen-bond acceptors (Lipinski definition) is 7. The normalized spacial score (nSPS) is 12.8. The summed E-state index contributed by atoms with van der Waals surface area (Å²) in [5.74, 6) is 0.665. The van der Waals surface area contributed by atoms with E-state index in [9.17, 15) is 14.3 Å². The third-order valence-corrected chi connectivity index (χ3v) is 4.85. The maximum absolute atomic E-state index is 14.1. The summed E-state index contributed by atoms with van der Waals surface area (Å²) in [6, 6.07) is 3.70. The van der Waals surface area contributed by atoms with Gasteiger partial charge in [-0.05, 0) is 33.8 Å². The molecule has 3 heterocycles. The lowest BCUT2D eigenvalue weighted by Crippen LogP contribution is -2.42. The Morgan fingerprint density at radius 1 is 1.28 bits per heavy atom. The summed E-state index contributed by atoms with van der Waals surface area (Å²) >= 11 is 0. The van der Waals surface area contributed by atoms with Crippen LogP contribution in [0.3, 0.4) is 0 Å². The molecule has 3 aromatic heterocycles. The average Bonchev–Trinajstić information content (AvgIpc) is 3.13. The smallest absolute Gasteiger partial charge is 0.255 e. The van der Waals surface area contributed by atoms with Crippen LogP contribution < -0.4 is 15.5 Å². The first-order valence-electron chi connectivity index (χ1n) is 10.4. The van der Waals surface area contributed by atoms with Gasteiger partial charge in [-0.15, -0.1) is 0 Å². The molecule has 32 heavy (non-hydrogen) atoms. The van der Waals surface area contributed by atoms with Crippen molar-refractivity contribution in [3.8, 4) is 5.82 Å². The van der Waals surface area contributed by atoms with Crippen LogP contribution in [0.4, 0.5) is 16.0 Å². The molecule has 172 valence electrons. The molecule has 10 heteroatoms. The minimum absolute atomic E-state index is 0.0474. The molecule has 0 spiro atoms. The van der Waals surface area contributed by atoms with Crippen LogP contribution in [0.1, 0.15) is 38.1 Å². The summed E-state index contributed by atoms with van der Waals surface area (Å²) in [4.78, 5) is 27.9. The number of hydrogen-bond donors (Lipinski definition) is 3. The molecular formula is C22H30FN7O2. The second kappa shape index (κ2) is 9.07. The van der Waals surface area contributed by atoms with Gasteiger partial charge < -0.3 is 20.6 Å². The molecule has 0 aromatic carbocycles. The predicted octanol–water partition coefficient (Wildman–Crippen LogP) is 2.54. The van der Waals surface area contributed by atoms with Gasteiger partial charge in [-0.2, -0.15) is 4.98 Å². The molecule has 0 bridgehead atoms. The van der Waals surface area contributed by atoms with E-state index in [2.05, 4.69) is 25.6 Å². The van der Waals surface area contributed by atoms with Crippen LogP contribution in [-0.4, -0.2) is 69.0 Å². The SMILES string of the molecule is CC(C)Nc1cc(-n2ccc3cnc(N(C)C)nc32)ncc1C(=O)NCC(F)C(C)(C)O. The van der Waals surface area contributed by atoms with E-state index in [0.717, 1.165) is 5.39 Å². The van der Waals surface area contributed by atoms with Crippen LogP contribution in [0.5, 0.6) is 0 Å². The molecule has 0 aliphatic rings. The number of nitrogens with one attached hydrogen (secondary N) is 2. The van der Waals surface area contributed by atoms with Crippen LogP contribution in [0.15, 0.2) is 30.7 Å². The quantitative estimate of drug-likeness (QED) is 0.491. The topological polar surface area (TPSA) is 108 Å². The van der Waals surface area contributed by atoms with Crippen molar-refractivity contribution in [1.29, 1.82) is 0 Å². The van der Waals surface area contributed by atoms with E-state index in [-0.39, 0.29) is 18.2 Å². The molecule has 0 saturated carbocycles. The van der Waals surface area contributed by atoms with Crippen molar-refractivity contribution in [3.63, 3.8) is 0 Å².